The summed E-state index contributed by atoms with van der Waals surface area (Å²) in [6, 6.07) is 9.03. The number of aryl methyl sites for hydroxylation is 1. The van der Waals surface area contributed by atoms with Crippen molar-refractivity contribution in [3.63, 3.8) is 0 Å². The van der Waals surface area contributed by atoms with Gasteiger partial charge < -0.3 is 9.47 Å². The minimum absolute atomic E-state index is 0.371. The first-order valence-corrected chi connectivity index (χ1v) is 6.53. The van der Waals surface area contributed by atoms with E-state index >= 15 is 0 Å². The van der Waals surface area contributed by atoms with Gasteiger partial charge in [-0.3, -0.25) is 0 Å². The Labute approximate surface area is 117 Å². The Bertz CT molecular complexity index is 561. The topological polar surface area (TPSA) is 44.2 Å². The van der Waals surface area contributed by atoms with E-state index in [1.807, 2.05) is 38.1 Å². The second-order valence-electron chi connectivity index (χ2n) is 3.78. The van der Waals surface area contributed by atoms with Crippen LogP contribution >= 0.6 is 11.6 Å². The lowest BCUT2D eigenvalue weighted by Gasteiger charge is -2.11. The predicted octanol–water partition coefficient (Wildman–Crippen LogP) is 3.88. The van der Waals surface area contributed by atoms with Gasteiger partial charge in [0, 0.05) is 12.5 Å². The first-order valence-electron chi connectivity index (χ1n) is 6.16. The summed E-state index contributed by atoms with van der Waals surface area (Å²) in [5, 5.41) is 0.371. The molecule has 1 aromatic carbocycles. The second kappa shape index (κ2) is 6.38. The molecule has 1 heterocycles. The minimum atomic E-state index is 0.371. The summed E-state index contributed by atoms with van der Waals surface area (Å²) in [6.07, 6.45) is 0.698. The molecule has 0 saturated carbocycles. The Kier molecular flexibility index (Phi) is 4.58. The van der Waals surface area contributed by atoms with Crippen molar-refractivity contribution in [2.24, 2.45) is 0 Å². The molecule has 0 saturated heterocycles. The molecule has 0 radical (unpaired) electrons. The zero-order valence-corrected chi connectivity index (χ0v) is 11.6. The van der Waals surface area contributed by atoms with Crippen molar-refractivity contribution in [2.75, 3.05) is 6.61 Å². The molecule has 0 N–H and O–H groups in total. The number of halogens is 1. The summed E-state index contributed by atoms with van der Waals surface area (Å²) in [5.41, 5.74) is 0. The van der Waals surface area contributed by atoms with Gasteiger partial charge in [-0.15, -0.1) is 0 Å². The minimum Gasteiger partial charge on any atom is -0.490 e. The van der Waals surface area contributed by atoms with E-state index in [1.54, 1.807) is 6.07 Å². The summed E-state index contributed by atoms with van der Waals surface area (Å²) in [6.45, 7) is 4.46. The van der Waals surface area contributed by atoms with Crippen LogP contribution in [0.5, 0.6) is 17.4 Å². The van der Waals surface area contributed by atoms with Crippen LogP contribution in [0, 0.1) is 0 Å². The van der Waals surface area contributed by atoms with Crippen molar-refractivity contribution in [1.82, 2.24) is 9.97 Å². The van der Waals surface area contributed by atoms with E-state index in [9.17, 15) is 0 Å². The average Bonchev–Trinajstić information content (AvgIpc) is 2.40. The van der Waals surface area contributed by atoms with Gasteiger partial charge in [0.2, 0.25) is 5.88 Å². The molecule has 5 heteroatoms. The quantitative estimate of drug-likeness (QED) is 0.779. The summed E-state index contributed by atoms with van der Waals surface area (Å²) < 4.78 is 11.2. The SMILES string of the molecule is CCOc1ccccc1Oc1cc(Cl)nc(CC)n1. The van der Waals surface area contributed by atoms with Crippen molar-refractivity contribution in [3.8, 4) is 17.4 Å². The molecule has 0 aliphatic heterocycles. The van der Waals surface area contributed by atoms with Crippen molar-refractivity contribution in [2.45, 2.75) is 20.3 Å². The van der Waals surface area contributed by atoms with E-state index < -0.39 is 0 Å². The molecule has 0 aliphatic rings. The second-order valence-corrected chi connectivity index (χ2v) is 4.17. The molecule has 0 amide bonds. The fourth-order valence-corrected chi connectivity index (χ4v) is 1.77. The van der Waals surface area contributed by atoms with Crippen molar-refractivity contribution < 1.29 is 9.47 Å². The largest absolute Gasteiger partial charge is 0.490 e. The molecule has 100 valence electrons. The molecule has 19 heavy (non-hydrogen) atoms. The Morgan fingerprint density at radius 2 is 1.84 bits per heavy atom. The zero-order chi connectivity index (χ0) is 13.7. The smallest absolute Gasteiger partial charge is 0.224 e. The number of ether oxygens (including phenoxy) is 2. The number of nitrogens with zero attached hydrogens (tertiary/aromatic N) is 2. The van der Waals surface area contributed by atoms with Crippen LogP contribution in [0.4, 0.5) is 0 Å². The monoisotopic (exact) mass is 278 g/mol. The van der Waals surface area contributed by atoms with E-state index in [0.29, 0.717) is 41.4 Å². The number of rotatable bonds is 5. The molecule has 0 fully saturated rings. The van der Waals surface area contributed by atoms with Gasteiger partial charge in [-0.1, -0.05) is 30.7 Å². The highest BCUT2D eigenvalue weighted by Gasteiger charge is 2.08. The average molecular weight is 279 g/mol. The van der Waals surface area contributed by atoms with E-state index in [2.05, 4.69) is 9.97 Å². The normalized spacial score (nSPS) is 10.3. The van der Waals surface area contributed by atoms with Gasteiger partial charge in [0.1, 0.15) is 11.0 Å². The first kappa shape index (κ1) is 13.6. The summed E-state index contributed by atoms with van der Waals surface area (Å²) >= 11 is 5.93. The van der Waals surface area contributed by atoms with Crippen LogP contribution in [0.1, 0.15) is 19.7 Å². The van der Waals surface area contributed by atoms with Gasteiger partial charge in [0.15, 0.2) is 11.5 Å². The maximum absolute atomic E-state index is 5.93. The number of para-hydroxylation sites is 2. The number of hydrogen-bond donors (Lipinski definition) is 0. The van der Waals surface area contributed by atoms with Gasteiger partial charge in [-0.2, -0.15) is 4.98 Å². The van der Waals surface area contributed by atoms with Crippen LogP contribution in [0.3, 0.4) is 0 Å². The Morgan fingerprint density at radius 1 is 1.11 bits per heavy atom. The third-order valence-electron chi connectivity index (χ3n) is 2.40. The highest BCUT2D eigenvalue weighted by Crippen LogP contribution is 2.31. The molecule has 0 bridgehead atoms. The fourth-order valence-electron chi connectivity index (χ4n) is 1.57. The van der Waals surface area contributed by atoms with E-state index in [4.69, 9.17) is 21.1 Å². The maximum Gasteiger partial charge on any atom is 0.224 e. The molecule has 4 nitrogen and oxygen atoms in total. The first-order chi connectivity index (χ1) is 9.22. The molecular formula is C14H15ClN2O2. The maximum atomic E-state index is 5.93. The van der Waals surface area contributed by atoms with Gasteiger partial charge in [-0.05, 0) is 19.1 Å². The number of hydrogen-bond acceptors (Lipinski definition) is 4. The third kappa shape index (κ3) is 3.58. The molecule has 0 atom stereocenters. The lowest BCUT2D eigenvalue weighted by Crippen LogP contribution is -1.98. The summed E-state index contributed by atoms with van der Waals surface area (Å²) in [5.74, 6) is 2.36. The Balaban J connectivity index is 2.28. The highest BCUT2D eigenvalue weighted by molar-refractivity contribution is 6.29. The van der Waals surface area contributed by atoms with Crippen LogP contribution < -0.4 is 9.47 Å². The molecule has 0 spiro atoms. The van der Waals surface area contributed by atoms with Crippen molar-refractivity contribution >= 4 is 11.6 Å². The van der Waals surface area contributed by atoms with Crippen LogP contribution in [-0.2, 0) is 6.42 Å². The summed E-state index contributed by atoms with van der Waals surface area (Å²) in [4.78, 5) is 8.37. The lowest BCUT2D eigenvalue weighted by atomic mass is 10.3. The summed E-state index contributed by atoms with van der Waals surface area (Å²) in [7, 11) is 0. The van der Waals surface area contributed by atoms with Gasteiger partial charge in [0.05, 0.1) is 6.61 Å². The van der Waals surface area contributed by atoms with E-state index in [-0.39, 0.29) is 0 Å². The van der Waals surface area contributed by atoms with Crippen LogP contribution in [-0.4, -0.2) is 16.6 Å². The Hall–Kier alpha value is -1.81. The highest BCUT2D eigenvalue weighted by atomic mass is 35.5. The van der Waals surface area contributed by atoms with Gasteiger partial charge >= 0.3 is 0 Å². The third-order valence-corrected chi connectivity index (χ3v) is 2.59. The van der Waals surface area contributed by atoms with Gasteiger partial charge in [0.25, 0.3) is 0 Å². The lowest BCUT2D eigenvalue weighted by molar-refractivity contribution is 0.319. The number of aromatic nitrogens is 2. The predicted molar refractivity (Wildman–Crippen MR) is 74.1 cm³/mol. The van der Waals surface area contributed by atoms with Crippen LogP contribution in [0.2, 0.25) is 5.15 Å². The molecule has 2 aromatic rings. The van der Waals surface area contributed by atoms with E-state index in [1.165, 1.54) is 0 Å². The fraction of sp³-hybridized carbons (Fsp3) is 0.286. The Morgan fingerprint density at radius 3 is 2.53 bits per heavy atom. The van der Waals surface area contributed by atoms with Crippen LogP contribution in [0.25, 0.3) is 0 Å². The van der Waals surface area contributed by atoms with Crippen molar-refractivity contribution in [1.29, 1.82) is 0 Å². The molecular weight excluding hydrogens is 264 g/mol. The van der Waals surface area contributed by atoms with Gasteiger partial charge in [-0.25, -0.2) is 4.98 Å². The zero-order valence-electron chi connectivity index (χ0n) is 10.9. The van der Waals surface area contributed by atoms with Crippen molar-refractivity contribution in [3.05, 3.63) is 41.3 Å². The van der Waals surface area contributed by atoms with E-state index in [0.717, 1.165) is 0 Å². The molecule has 0 aliphatic carbocycles. The molecule has 1 aromatic heterocycles. The molecule has 0 unspecified atom stereocenters. The standard InChI is InChI=1S/C14H15ClN2O2/c1-3-13-16-12(15)9-14(17-13)19-11-8-6-5-7-10(11)18-4-2/h5-9H,3-4H2,1-2H3. The number of benzene rings is 1. The van der Waals surface area contributed by atoms with Crippen LogP contribution in [0.15, 0.2) is 30.3 Å². The molecule has 2 rings (SSSR count).